The number of hydrogen-bond donors (Lipinski definition) is 1. The predicted octanol–water partition coefficient (Wildman–Crippen LogP) is 3.91. The third kappa shape index (κ3) is 6.19. The van der Waals surface area contributed by atoms with Gasteiger partial charge in [-0.2, -0.15) is 11.8 Å². The normalized spacial score (nSPS) is 12.7. The molecule has 0 aliphatic carbocycles. The average Bonchev–Trinajstić information content (AvgIpc) is 2.38. The van der Waals surface area contributed by atoms with Gasteiger partial charge < -0.3 is 10.1 Å². The molecule has 0 bridgehead atoms. The quantitative estimate of drug-likeness (QED) is 0.746. The van der Waals surface area contributed by atoms with Gasteiger partial charge in [0, 0.05) is 11.8 Å². The van der Waals surface area contributed by atoms with E-state index >= 15 is 0 Å². The molecule has 0 radical (unpaired) electrons. The number of benzene rings is 1. The van der Waals surface area contributed by atoms with Gasteiger partial charge >= 0.3 is 0 Å². The fraction of sp³-hybridized carbons (Fsp3) is 0.647. The second-order valence-corrected chi connectivity index (χ2v) is 6.78. The van der Waals surface area contributed by atoms with Gasteiger partial charge in [0.15, 0.2) is 0 Å². The molecule has 2 nitrogen and oxygen atoms in total. The molecular weight excluding hydrogens is 266 g/mol. The first-order valence-corrected chi connectivity index (χ1v) is 8.66. The van der Waals surface area contributed by atoms with Crippen molar-refractivity contribution in [1.29, 1.82) is 0 Å². The van der Waals surface area contributed by atoms with Crippen LogP contribution in [0.4, 0.5) is 0 Å². The summed E-state index contributed by atoms with van der Waals surface area (Å²) in [6, 6.07) is 6.95. The maximum Gasteiger partial charge on any atom is 0.122 e. The van der Waals surface area contributed by atoms with Crippen LogP contribution in [0.2, 0.25) is 0 Å². The lowest BCUT2D eigenvalue weighted by Crippen LogP contribution is -2.33. The van der Waals surface area contributed by atoms with Crippen LogP contribution >= 0.6 is 11.8 Å². The van der Waals surface area contributed by atoms with Gasteiger partial charge in [0.1, 0.15) is 5.75 Å². The molecule has 0 aromatic heterocycles. The Morgan fingerprint density at radius 3 is 2.60 bits per heavy atom. The molecule has 1 aromatic rings. The van der Waals surface area contributed by atoms with E-state index in [1.807, 2.05) is 11.8 Å². The molecule has 114 valence electrons. The van der Waals surface area contributed by atoms with Gasteiger partial charge in [-0.05, 0) is 43.2 Å². The Kier molecular flexibility index (Phi) is 8.08. The van der Waals surface area contributed by atoms with Gasteiger partial charge in [-0.25, -0.2) is 0 Å². The van der Waals surface area contributed by atoms with Crippen LogP contribution in [0.15, 0.2) is 18.2 Å². The lowest BCUT2D eigenvalue weighted by atomic mass is 10.0. The molecule has 0 spiro atoms. The average molecular weight is 295 g/mol. The number of aryl methyl sites for hydroxylation is 1. The lowest BCUT2D eigenvalue weighted by Gasteiger charge is -2.20. The highest BCUT2D eigenvalue weighted by Gasteiger charge is 2.12. The summed E-state index contributed by atoms with van der Waals surface area (Å²) in [5, 5.41) is 3.60. The van der Waals surface area contributed by atoms with Gasteiger partial charge in [-0.3, -0.25) is 0 Å². The standard InChI is InChI=1S/C17H29NOS/c1-6-18-16(12-20-11-13(2)3)10-15-9-14(4)7-8-17(15)19-5/h7-9,13,16,18H,6,10-12H2,1-5H3. The summed E-state index contributed by atoms with van der Waals surface area (Å²) in [5.41, 5.74) is 2.61. The summed E-state index contributed by atoms with van der Waals surface area (Å²) in [4.78, 5) is 0. The summed E-state index contributed by atoms with van der Waals surface area (Å²) < 4.78 is 5.49. The molecule has 0 saturated heterocycles. The van der Waals surface area contributed by atoms with E-state index in [1.165, 1.54) is 16.9 Å². The fourth-order valence-electron chi connectivity index (χ4n) is 2.26. The van der Waals surface area contributed by atoms with Crippen molar-refractivity contribution in [2.45, 2.75) is 40.2 Å². The second kappa shape index (κ2) is 9.30. The first-order chi connectivity index (χ1) is 9.56. The fourth-order valence-corrected chi connectivity index (χ4v) is 3.38. The minimum atomic E-state index is 0.513. The molecule has 3 heteroatoms. The molecule has 0 saturated carbocycles. The summed E-state index contributed by atoms with van der Waals surface area (Å²) in [6.07, 6.45) is 1.03. The van der Waals surface area contributed by atoms with Crippen molar-refractivity contribution in [3.05, 3.63) is 29.3 Å². The van der Waals surface area contributed by atoms with E-state index in [4.69, 9.17) is 4.74 Å². The highest BCUT2D eigenvalue weighted by atomic mass is 32.2. The largest absolute Gasteiger partial charge is 0.496 e. The van der Waals surface area contributed by atoms with Crippen molar-refractivity contribution < 1.29 is 4.74 Å². The molecule has 0 aliphatic heterocycles. The Balaban J connectivity index is 2.66. The molecule has 0 fully saturated rings. The molecule has 1 unspecified atom stereocenters. The van der Waals surface area contributed by atoms with E-state index < -0.39 is 0 Å². The second-order valence-electron chi connectivity index (χ2n) is 5.71. The van der Waals surface area contributed by atoms with E-state index in [0.29, 0.717) is 6.04 Å². The van der Waals surface area contributed by atoms with Crippen LogP contribution in [-0.2, 0) is 6.42 Å². The molecule has 1 rings (SSSR count). The van der Waals surface area contributed by atoms with Crippen molar-refractivity contribution in [3.63, 3.8) is 0 Å². The van der Waals surface area contributed by atoms with Crippen molar-refractivity contribution in [3.8, 4) is 5.75 Å². The number of hydrogen-bond acceptors (Lipinski definition) is 3. The number of ether oxygens (including phenoxy) is 1. The topological polar surface area (TPSA) is 21.3 Å². The van der Waals surface area contributed by atoms with Crippen molar-refractivity contribution >= 4 is 11.8 Å². The Morgan fingerprint density at radius 1 is 1.25 bits per heavy atom. The van der Waals surface area contributed by atoms with Gasteiger partial charge in [-0.1, -0.05) is 38.5 Å². The Morgan fingerprint density at radius 2 is 2.00 bits per heavy atom. The number of nitrogens with one attached hydrogen (secondary N) is 1. The number of methoxy groups -OCH3 is 1. The molecule has 1 atom stereocenters. The van der Waals surface area contributed by atoms with E-state index in [-0.39, 0.29) is 0 Å². The summed E-state index contributed by atoms with van der Waals surface area (Å²) in [6.45, 7) is 9.88. The van der Waals surface area contributed by atoms with Crippen molar-refractivity contribution in [2.75, 3.05) is 25.2 Å². The van der Waals surface area contributed by atoms with Crippen molar-refractivity contribution in [1.82, 2.24) is 5.32 Å². The predicted molar refractivity (Wildman–Crippen MR) is 91.1 cm³/mol. The third-order valence-corrected chi connectivity index (χ3v) is 4.71. The Hall–Kier alpha value is -0.670. The SMILES string of the molecule is CCNC(CSCC(C)C)Cc1cc(C)ccc1OC. The maximum atomic E-state index is 5.49. The van der Waals surface area contributed by atoms with Crippen LogP contribution in [0.5, 0.6) is 5.75 Å². The maximum absolute atomic E-state index is 5.49. The van der Waals surface area contributed by atoms with Crippen LogP contribution in [0, 0.1) is 12.8 Å². The monoisotopic (exact) mass is 295 g/mol. The van der Waals surface area contributed by atoms with Crippen LogP contribution in [0.3, 0.4) is 0 Å². The van der Waals surface area contributed by atoms with Crippen LogP contribution < -0.4 is 10.1 Å². The summed E-state index contributed by atoms with van der Waals surface area (Å²) in [7, 11) is 1.75. The summed E-state index contributed by atoms with van der Waals surface area (Å²) >= 11 is 2.04. The molecule has 1 aromatic carbocycles. The Labute approximate surface area is 128 Å². The highest BCUT2D eigenvalue weighted by Crippen LogP contribution is 2.22. The lowest BCUT2D eigenvalue weighted by molar-refractivity contribution is 0.406. The number of likely N-dealkylation sites (N-methyl/N-ethyl adjacent to an activating group) is 1. The molecule has 0 amide bonds. The zero-order chi connectivity index (χ0) is 15.0. The van der Waals surface area contributed by atoms with Gasteiger partial charge in [0.25, 0.3) is 0 Å². The van der Waals surface area contributed by atoms with Gasteiger partial charge in [0.2, 0.25) is 0 Å². The van der Waals surface area contributed by atoms with Gasteiger partial charge in [-0.15, -0.1) is 0 Å². The van der Waals surface area contributed by atoms with Crippen LogP contribution in [0.25, 0.3) is 0 Å². The third-order valence-electron chi connectivity index (χ3n) is 3.17. The van der Waals surface area contributed by atoms with Crippen LogP contribution in [0.1, 0.15) is 31.9 Å². The Bertz CT molecular complexity index is 393. The molecule has 1 N–H and O–H groups in total. The van der Waals surface area contributed by atoms with Crippen molar-refractivity contribution in [2.24, 2.45) is 5.92 Å². The van der Waals surface area contributed by atoms with E-state index in [9.17, 15) is 0 Å². The zero-order valence-corrected chi connectivity index (χ0v) is 14.3. The molecule has 20 heavy (non-hydrogen) atoms. The smallest absolute Gasteiger partial charge is 0.122 e. The van der Waals surface area contributed by atoms with E-state index in [2.05, 4.69) is 51.2 Å². The molecular formula is C17H29NOS. The minimum Gasteiger partial charge on any atom is -0.496 e. The number of thioether (sulfide) groups is 1. The minimum absolute atomic E-state index is 0.513. The first kappa shape index (κ1) is 17.4. The van der Waals surface area contributed by atoms with E-state index in [0.717, 1.165) is 30.4 Å². The molecule has 0 heterocycles. The zero-order valence-electron chi connectivity index (χ0n) is 13.5. The molecule has 0 aliphatic rings. The van der Waals surface area contributed by atoms with Crippen LogP contribution in [-0.4, -0.2) is 31.2 Å². The number of rotatable bonds is 9. The summed E-state index contributed by atoms with van der Waals surface area (Å²) in [5.74, 6) is 4.15. The highest BCUT2D eigenvalue weighted by molar-refractivity contribution is 7.99. The first-order valence-electron chi connectivity index (χ1n) is 7.51. The van der Waals surface area contributed by atoms with E-state index in [1.54, 1.807) is 7.11 Å². The van der Waals surface area contributed by atoms with Gasteiger partial charge in [0.05, 0.1) is 7.11 Å².